The molecule has 0 spiro atoms. The molecular formula is C15H20F2N2O3S. The molecule has 0 amide bonds. The van der Waals surface area contributed by atoms with E-state index in [9.17, 15) is 17.2 Å². The van der Waals surface area contributed by atoms with E-state index in [0.717, 1.165) is 25.1 Å². The molecule has 2 heterocycles. The first-order chi connectivity index (χ1) is 10.8. The van der Waals surface area contributed by atoms with Gasteiger partial charge in [0.2, 0.25) is 10.0 Å². The maximum atomic E-state index is 13.2. The van der Waals surface area contributed by atoms with Crippen LogP contribution in [-0.2, 0) is 10.0 Å². The van der Waals surface area contributed by atoms with Crippen LogP contribution in [0, 0.1) is 17.6 Å². The molecule has 0 aliphatic carbocycles. The number of ether oxygens (including phenoxy) is 1. The molecule has 3 atom stereocenters. The number of benzene rings is 1. The number of sulfonamides is 1. The molecule has 128 valence electrons. The minimum atomic E-state index is -3.27. The van der Waals surface area contributed by atoms with Gasteiger partial charge in [-0.05, 0) is 32.1 Å². The molecule has 3 rings (SSSR count). The number of fused-ring (bicyclic) bond motifs is 1. The summed E-state index contributed by atoms with van der Waals surface area (Å²) in [7, 11) is -1.29. The van der Waals surface area contributed by atoms with E-state index in [4.69, 9.17) is 4.74 Å². The summed E-state index contributed by atoms with van der Waals surface area (Å²) >= 11 is 0. The highest BCUT2D eigenvalue weighted by atomic mass is 32.2. The summed E-state index contributed by atoms with van der Waals surface area (Å²) in [6.07, 6.45) is 2.02. The van der Waals surface area contributed by atoms with Crippen LogP contribution in [0.25, 0.3) is 0 Å². The van der Waals surface area contributed by atoms with Crippen LogP contribution in [0.1, 0.15) is 6.42 Å². The number of rotatable bonds is 4. The van der Waals surface area contributed by atoms with Gasteiger partial charge >= 0.3 is 0 Å². The zero-order chi connectivity index (χ0) is 16.8. The molecule has 0 radical (unpaired) electrons. The van der Waals surface area contributed by atoms with Crippen molar-refractivity contribution in [2.24, 2.45) is 5.92 Å². The molecule has 23 heavy (non-hydrogen) atoms. The predicted octanol–water partition coefficient (Wildman–Crippen LogP) is 1.31. The largest absolute Gasteiger partial charge is 0.493 e. The smallest absolute Gasteiger partial charge is 0.211 e. The van der Waals surface area contributed by atoms with Gasteiger partial charge in [0.1, 0.15) is 5.75 Å². The lowest BCUT2D eigenvalue weighted by molar-refractivity contribution is 0.180. The Hall–Kier alpha value is -1.25. The lowest BCUT2D eigenvalue weighted by Gasteiger charge is -2.25. The van der Waals surface area contributed by atoms with Crippen molar-refractivity contribution in [1.82, 2.24) is 9.21 Å². The van der Waals surface area contributed by atoms with Gasteiger partial charge in [0.25, 0.3) is 0 Å². The van der Waals surface area contributed by atoms with Crippen molar-refractivity contribution in [3.05, 3.63) is 29.8 Å². The van der Waals surface area contributed by atoms with Gasteiger partial charge in [0.05, 0.1) is 12.9 Å². The molecule has 0 saturated carbocycles. The standard InChI is InChI=1S/C15H20F2N2O3S/c1-18-6-5-14-15(18)10(8-19(14)23(2,20)21)9-22-11-3-4-12(16)13(17)7-11/h3-4,7,10,14-15H,5-6,8-9H2,1-2H3. The molecule has 2 aliphatic heterocycles. The maximum absolute atomic E-state index is 13.2. The average molecular weight is 346 g/mol. The number of likely N-dealkylation sites (N-methyl/N-ethyl adjacent to an activating group) is 1. The van der Waals surface area contributed by atoms with Crippen molar-refractivity contribution in [3.8, 4) is 5.75 Å². The van der Waals surface area contributed by atoms with Crippen LogP contribution in [0.4, 0.5) is 8.78 Å². The zero-order valence-electron chi connectivity index (χ0n) is 13.1. The Morgan fingerprint density at radius 2 is 2.04 bits per heavy atom. The first-order valence-corrected chi connectivity index (χ1v) is 9.37. The third-order valence-electron chi connectivity index (χ3n) is 4.73. The number of halogens is 2. The fraction of sp³-hybridized carbons (Fsp3) is 0.600. The van der Waals surface area contributed by atoms with E-state index in [1.54, 1.807) is 4.31 Å². The zero-order valence-corrected chi connectivity index (χ0v) is 13.9. The molecule has 2 aliphatic rings. The van der Waals surface area contributed by atoms with Gasteiger partial charge < -0.3 is 9.64 Å². The van der Waals surface area contributed by atoms with Crippen LogP contribution in [0.15, 0.2) is 18.2 Å². The van der Waals surface area contributed by atoms with Crippen molar-refractivity contribution in [2.75, 3.05) is 33.0 Å². The van der Waals surface area contributed by atoms with Gasteiger partial charge in [-0.25, -0.2) is 17.2 Å². The fourth-order valence-electron chi connectivity index (χ4n) is 3.71. The van der Waals surface area contributed by atoms with Crippen molar-refractivity contribution >= 4 is 10.0 Å². The third kappa shape index (κ3) is 3.20. The Balaban J connectivity index is 1.73. The van der Waals surface area contributed by atoms with Crippen LogP contribution in [0.5, 0.6) is 5.75 Å². The molecule has 0 bridgehead atoms. The molecular weight excluding hydrogens is 326 g/mol. The van der Waals surface area contributed by atoms with Crippen LogP contribution >= 0.6 is 0 Å². The van der Waals surface area contributed by atoms with Crippen LogP contribution in [-0.4, -0.2) is 62.7 Å². The lowest BCUT2D eigenvalue weighted by Crippen LogP contribution is -2.39. The van der Waals surface area contributed by atoms with Gasteiger partial charge in [0.15, 0.2) is 11.6 Å². The van der Waals surface area contributed by atoms with Crippen molar-refractivity contribution in [3.63, 3.8) is 0 Å². The molecule has 3 unspecified atom stereocenters. The quantitative estimate of drug-likeness (QED) is 0.825. The van der Waals surface area contributed by atoms with Gasteiger partial charge in [0, 0.05) is 30.6 Å². The Morgan fingerprint density at radius 3 is 2.70 bits per heavy atom. The van der Waals surface area contributed by atoms with Gasteiger partial charge in [-0.15, -0.1) is 0 Å². The Labute approximate surface area is 134 Å². The maximum Gasteiger partial charge on any atom is 0.211 e. The molecule has 1 aromatic rings. The molecule has 0 aromatic heterocycles. The Kier molecular flexibility index (Phi) is 4.33. The number of hydrogen-bond donors (Lipinski definition) is 0. The number of nitrogens with zero attached hydrogens (tertiary/aromatic N) is 2. The second-order valence-electron chi connectivity index (χ2n) is 6.31. The van der Waals surface area contributed by atoms with E-state index >= 15 is 0 Å². The summed E-state index contributed by atoms with van der Waals surface area (Å²) in [5, 5.41) is 0. The molecule has 2 saturated heterocycles. The van der Waals surface area contributed by atoms with Crippen LogP contribution in [0.2, 0.25) is 0 Å². The summed E-state index contributed by atoms with van der Waals surface area (Å²) in [6, 6.07) is 3.46. The van der Waals surface area contributed by atoms with Gasteiger partial charge in [-0.1, -0.05) is 0 Å². The lowest BCUT2D eigenvalue weighted by atomic mass is 10.0. The Bertz CT molecular complexity index is 698. The summed E-state index contributed by atoms with van der Waals surface area (Å²) in [5.41, 5.74) is 0. The average Bonchev–Trinajstić information content (AvgIpc) is 3.01. The van der Waals surface area contributed by atoms with Crippen LogP contribution < -0.4 is 4.74 Å². The van der Waals surface area contributed by atoms with Crippen molar-refractivity contribution in [2.45, 2.75) is 18.5 Å². The van der Waals surface area contributed by atoms with E-state index in [1.165, 1.54) is 12.3 Å². The first kappa shape index (κ1) is 16.6. The summed E-state index contributed by atoms with van der Waals surface area (Å²) in [4.78, 5) is 2.15. The Morgan fingerprint density at radius 1 is 1.30 bits per heavy atom. The normalized spacial score (nSPS) is 29.0. The van der Waals surface area contributed by atoms with Crippen molar-refractivity contribution in [1.29, 1.82) is 0 Å². The SMILES string of the molecule is CN1CCC2C1C(COc1ccc(F)c(F)c1)CN2S(C)(=O)=O. The topological polar surface area (TPSA) is 49.9 Å². The molecule has 1 aromatic carbocycles. The fourth-order valence-corrected chi connectivity index (χ4v) is 4.90. The molecule has 8 heteroatoms. The van der Waals surface area contributed by atoms with E-state index in [2.05, 4.69) is 4.90 Å². The third-order valence-corrected chi connectivity index (χ3v) is 6.00. The highest BCUT2D eigenvalue weighted by Gasteiger charge is 2.50. The van der Waals surface area contributed by atoms with Gasteiger partial charge in [-0.3, -0.25) is 0 Å². The minimum Gasteiger partial charge on any atom is -0.493 e. The summed E-state index contributed by atoms with van der Waals surface area (Å²) < 4.78 is 57.2. The number of likely N-dealkylation sites (tertiary alicyclic amines) is 1. The molecule has 2 fully saturated rings. The predicted molar refractivity (Wildman–Crippen MR) is 81.7 cm³/mol. The van der Waals surface area contributed by atoms with E-state index in [1.807, 2.05) is 7.05 Å². The minimum absolute atomic E-state index is 0.00432. The van der Waals surface area contributed by atoms with Crippen LogP contribution in [0.3, 0.4) is 0 Å². The summed E-state index contributed by atoms with van der Waals surface area (Å²) in [6.45, 7) is 1.49. The number of hydrogen-bond acceptors (Lipinski definition) is 4. The summed E-state index contributed by atoms with van der Waals surface area (Å²) in [5.74, 6) is -1.63. The van der Waals surface area contributed by atoms with Crippen molar-refractivity contribution < 1.29 is 21.9 Å². The van der Waals surface area contributed by atoms with Gasteiger partial charge in [-0.2, -0.15) is 4.31 Å². The monoisotopic (exact) mass is 346 g/mol. The second kappa shape index (κ2) is 5.99. The second-order valence-corrected chi connectivity index (χ2v) is 8.24. The molecule has 0 N–H and O–H groups in total. The molecule has 5 nitrogen and oxygen atoms in total. The van der Waals surface area contributed by atoms with E-state index in [-0.39, 0.29) is 30.4 Å². The van der Waals surface area contributed by atoms with E-state index < -0.39 is 21.7 Å². The highest BCUT2D eigenvalue weighted by Crippen LogP contribution is 2.36. The highest BCUT2D eigenvalue weighted by molar-refractivity contribution is 7.88. The first-order valence-electron chi connectivity index (χ1n) is 7.52. The van der Waals surface area contributed by atoms with E-state index in [0.29, 0.717) is 6.54 Å².